The summed E-state index contributed by atoms with van der Waals surface area (Å²) in [6.07, 6.45) is 3.52. The summed E-state index contributed by atoms with van der Waals surface area (Å²) in [5, 5.41) is 22.5. The summed E-state index contributed by atoms with van der Waals surface area (Å²) in [7, 11) is 1.43. The van der Waals surface area contributed by atoms with Crippen LogP contribution in [0.2, 0.25) is 0 Å². The van der Waals surface area contributed by atoms with Crippen LogP contribution in [0.4, 0.5) is 4.39 Å². The molecular weight excluding hydrogens is 559 g/mol. The molecule has 0 spiro atoms. The second-order valence-electron chi connectivity index (χ2n) is 13.5. The molecule has 3 saturated carbocycles. The number of aliphatic hydroxyl groups excluding tert-OH is 1. The Bertz CT molecular complexity index is 1210. The number of ether oxygens (including phenoxy) is 4. The maximum absolute atomic E-state index is 15.3. The SMILES string of the molecule is C/C=C/C=C\C(=O)O[C@H]1[C@H](O)[C@H](OC[C@@]23C[C@@H]4[C@H](C)C(F)C[C@H]4[C@@]4(C=O)C[C@@H]2C=C(C(C)C)[C@@]34C(=O)O)O[C@H](C)[C@H]1OC. The van der Waals surface area contributed by atoms with E-state index in [0.717, 1.165) is 6.29 Å². The molecule has 1 unspecified atom stereocenters. The molecule has 0 amide bonds. The summed E-state index contributed by atoms with van der Waals surface area (Å²) in [6.45, 7) is 9.10. The van der Waals surface area contributed by atoms with Crippen molar-refractivity contribution < 1.29 is 47.9 Å². The smallest absolute Gasteiger partial charge is 0.331 e. The molecule has 2 N–H and O–H groups in total. The van der Waals surface area contributed by atoms with E-state index in [-0.39, 0.29) is 42.6 Å². The fraction of sp³-hybridized carbons (Fsp3) is 0.727. The summed E-state index contributed by atoms with van der Waals surface area (Å²) in [6, 6.07) is 0. The molecule has 13 atom stereocenters. The molecule has 9 nitrogen and oxygen atoms in total. The van der Waals surface area contributed by atoms with Crippen molar-refractivity contribution >= 4 is 18.2 Å². The van der Waals surface area contributed by atoms with Gasteiger partial charge < -0.3 is 34.0 Å². The molecule has 43 heavy (non-hydrogen) atoms. The Hall–Kier alpha value is -2.40. The molecule has 4 aliphatic carbocycles. The number of aldehydes is 1. The highest BCUT2D eigenvalue weighted by molar-refractivity contribution is 5.90. The molecule has 0 aromatic heterocycles. The monoisotopic (exact) mass is 604 g/mol. The van der Waals surface area contributed by atoms with Crippen molar-refractivity contribution in [2.45, 2.75) is 90.8 Å². The minimum absolute atomic E-state index is 0.132. The highest BCUT2D eigenvalue weighted by Crippen LogP contribution is 2.82. The van der Waals surface area contributed by atoms with Crippen molar-refractivity contribution in [3.63, 3.8) is 0 Å². The average Bonchev–Trinajstić information content (AvgIpc) is 3.48. The van der Waals surface area contributed by atoms with Crippen LogP contribution in [0.1, 0.15) is 53.9 Å². The number of rotatable bonds is 10. The molecule has 0 radical (unpaired) electrons. The summed E-state index contributed by atoms with van der Waals surface area (Å²) >= 11 is 0. The minimum atomic E-state index is -1.57. The molecule has 5 rings (SSSR count). The molecule has 1 heterocycles. The lowest BCUT2D eigenvalue weighted by Gasteiger charge is -2.58. The zero-order chi connectivity index (χ0) is 31.5. The second kappa shape index (κ2) is 11.5. The fourth-order valence-electron chi connectivity index (χ4n) is 9.81. The maximum atomic E-state index is 15.3. The minimum Gasteiger partial charge on any atom is -0.481 e. The molecule has 5 aliphatic rings. The van der Waals surface area contributed by atoms with Gasteiger partial charge in [0.15, 0.2) is 12.4 Å². The zero-order valence-corrected chi connectivity index (χ0v) is 25.8. The molecule has 1 aliphatic heterocycles. The van der Waals surface area contributed by atoms with E-state index in [0.29, 0.717) is 18.4 Å². The van der Waals surface area contributed by atoms with Crippen molar-refractivity contribution in [1.29, 1.82) is 0 Å². The van der Waals surface area contributed by atoms with E-state index in [1.807, 2.05) is 33.8 Å². The molecule has 4 bridgehead atoms. The number of fused-ring (bicyclic) bond motifs is 2. The molecule has 4 fully saturated rings. The lowest BCUT2D eigenvalue weighted by molar-refractivity contribution is -0.308. The van der Waals surface area contributed by atoms with Crippen molar-refractivity contribution in [3.05, 3.63) is 36.0 Å². The van der Waals surface area contributed by atoms with E-state index < -0.39 is 65.1 Å². The third kappa shape index (κ3) is 4.34. The van der Waals surface area contributed by atoms with Crippen molar-refractivity contribution in [2.75, 3.05) is 13.7 Å². The number of esters is 1. The number of allylic oxidation sites excluding steroid dienone is 4. The Morgan fingerprint density at radius 2 is 1.93 bits per heavy atom. The number of methoxy groups -OCH3 is 1. The number of hydrogen-bond acceptors (Lipinski definition) is 8. The van der Waals surface area contributed by atoms with Gasteiger partial charge >= 0.3 is 11.9 Å². The zero-order valence-electron chi connectivity index (χ0n) is 25.8. The highest BCUT2D eigenvalue weighted by atomic mass is 19.1. The summed E-state index contributed by atoms with van der Waals surface area (Å²) in [5.41, 5.74) is -3.20. The van der Waals surface area contributed by atoms with E-state index in [2.05, 4.69) is 0 Å². The van der Waals surface area contributed by atoms with E-state index >= 15 is 4.39 Å². The van der Waals surface area contributed by atoms with Gasteiger partial charge in [-0.3, -0.25) is 4.79 Å². The van der Waals surface area contributed by atoms with Crippen molar-refractivity contribution in [2.24, 2.45) is 45.8 Å². The predicted octanol–water partition coefficient (Wildman–Crippen LogP) is 4.04. The maximum Gasteiger partial charge on any atom is 0.331 e. The molecule has 0 aromatic carbocycles. The van der Waals surface area contributed by atoms with Crippen LogP contribution in [0, 0.1) is 45.8 Å². The number of alkyl halides is 1. The number of halogens is 1. The van der Waals surface area contributed by atoms with Gasteiger partial charge in [0.25, 0.3) is 0 Å². The number of aliphatic carboxylic acids is 1. The van der Waals surface area contributed by atoms with Gasteiger partial charge in [-0.25, -0.2) is 9.18 Å². The normalized spacial score (nSPS) is 46.9. The molecular formula is C33H45FO9. The van der Waals surface area contributed by atoms with Gasteiger partial charge in [-0.1, -0.05) is 50.6 Å². The largest absolute Gasteiger partial charge is 0.481 e. The van der Waals surface area contributed by atoms with Crippen LogP contribution in [0.3, 0.4) is 0 Å². The van der Waals surface area contributed by atoms with Crippen LogP contribution in [0.5, 0.6) is 0 Å². The number of carbonyl (C=O) groups excluding carboxylic acids is 2. The number of carbonyl (C=O) groups is 3. The molecule has 10 heteroatoms. The third-order valence-corrected chi connectivity index (χ3v) is 11.5. The van der Waals surface area contributed by atoms with E-state index in [1.54, 1.807) is 19.1 Å². The van der Waals surface area contributed by atoms with Gasteiger partial charge in [0.05, 0.1) is 18.1 Å². The molecule has 1 saturated heterocycles. The van der Waals surface area contributed by atoms with Gasteiger partial charge in [0.1, 0.15) is 30.1 Å². The van der Waals surface area contributed by atoms with Gasteiger partial charge in [0.2, 0.25) is 0 Å². The lowest BCUT2D eigenvalue weighted by Crippen LogP contribution is -2.64. The Kier molecular flexibility index (Phi) is 8.57. The second-order valence-corrected chi connectivity index (χ2v) is 13.5. The van der Waals surface area contributed by atoms with E-state index in [4.69, 9.17) is 18.9 Å². The first-order chi connectivity index (χ1) is 20.4. The number of carboxylic acids is 1. The van der Waals surface area contributed by atoms with Gasteiger partial charge in [-0.15, -0.1) is 0 Å². The standard InChI is InChI=1S/C33H45FO9/c1-7-8-9-10-25(36)43-28-26(37)29(42-19(5)27(28)40-6)41-16-32-14-21-18(4)24(34)12-23(21)31(15-35)13-20(32)11-22(17(2)3)33(31,32)30(38)39/h7-11,15,17-21,23-24,26-29,37H,12-14,16H2,1-6H3,(H,38,39)/b8-7+,10-9-/t18-,19+,20-,21+,23+,24?,26-,27+,28-,29+,31-,32-,33-/m0/s1. The quantitative estimate of drug-likeness (QED) is 0.125. The molecule has 0 aromatic rings. The first-order valence-electron chi connectivity index (χ1n) is 15.4. The first-order valence-corrected chi connectivity index (χ1v) is 15.4. The third-order valence-electron chi connectivity index (χ3n) is 11.5. The summed E-state index contributed by atoms with van der Waals surface area (Å²) in [5.74, 6) is -3.10. The summed E-state index contributed by atoms with van der Waals surface area (Å²) in [4.78, 5) is 39.4. The first kappa shape index (κ1) is 32.0. The number of aliphatic hydroxyl groups is 1. The molecule has 238 valence electrons. The van der Waals surface area contributed by atoms with Crippen LogP contribution >= 0.6 is 0 Å². The highest BCUT2D eigenvalue weighted by Gasteiger charge is 2.85. The predicted molar refractivity (Wildman–Crippen MR) is 153 cm³/mol. The van der Waals surface area contributed by atoms with Crippen LogP contribution in [0.15, 0.2) is 36.0 Å². The van der Waals surface area contributed by atoms with Crippen LogP contribution < -0.4 is 0 Å². The Balaban J connectivity index is 1.50. The number of hydrogen-bond donors (Lipinski definition) is 2. The van der Waals surface area contributed by atoms with E-state index in [9.17, 15) is 24.6 Å². The van der Waals surface area contributed by atoms with Gasteiger partial charge in [-0.05, 0) is 62.7 Å². The average molecular weight is 605 g/mol. The summed E-state index contributed by atoms with van der Waals surface area (Å²) < 4.78 is 38.8. The number of carboxylic acid groups (broad SMARTS) is 1. The van der Waals surface area contributed by atoms with Crippen molar-refractivity contribution in [3.8, 4) is 0 Å². The lowest BCUT2D eigenvalue weighted by atomic mass is 9.43. The Morgan fingerprint density at radius 3 is 2.53 bits per heavy atom. The van der Waals surface area contributed by atoms with Crippen molar-refractivity contribution in [1.82, 2.24) is 0 Å². The van der Waals surface area contributed by atoms with Gasteiger partial charge in [-0.2, -0.15) is 0 Å². The topological polar surface area (TPSA) is 129 Å². The van der Waals surface area contributed by atoms with E-state index in [1.165, 1.54) is 19.3 Å². The Labute approximate surface area is 252 Å². The Morgan fingerprint density at radius 1 is 1.21 bits per heavy atom. The van der Waals surface area contributed by atoms with Crippen LogP contribution in [-0.2, 0) is 33.3 Å². The van der Waals surface area contributed by atoms with Crippen LogP contribution in [0.25, 0.3) is 0 Å². The van der Waals surface area contributed by atoms with Crippen LogP contribution in [-0.4, -0.2) is 79.0 Å². The fourth-order valence-corrected chi connectivity index (χ4v) is 9.81. The van der Waals surface area contributed by atoms with Gasteiger partial charge in [0, 0.05) is 18.6 Å².